The first-order valence-corrected chi connectivity index (χ1v) is 3.76. The average Bonchev–Trinajstić information content (AvgIpc) is 2.36. The van der Waals surface area contributed by atoms with E-state index in [0.29, 0.717) is 12.8 Å². The van der Waals surface area contributed by atoms with E-state index >= 15 is 0 Å². The first-order valence-electron chi connectivity index (χ1n) is 3.76. The van der Waals surface area contributed by atoms with Gasteiger partial charge in [0.15, 0.2) is 0 Å². The minimum Gasteiger partial charge on any atom is -0.449 e. The second-order valence-corrected chi connectivity index (χ2v) is 3.60. The Morgan fingerprint density at radius 1 is 1.27 bits per heavy atom. The van der Waals surface area contributed by atoms with Crippen LogP contribution in [-0.2, 0) is 0 Å². The van der Waals surface area contributed by atoms with Crippen molar-refractivity contribution in [1.29, 1.82) is 0 Å². The summed E-state index contributed by atoms with van der Waals surface area (Å²) in [5.41, 5.74) is 0. The van der Waals surface area contributed by atoms with Gasteiger partial charge in [0, 0.05) is 0 Å². The van der Waals surface area contributed by atoms with Crippen molar-refractivity contribution in [2.45, 2.75) is 31.0 Å². The fourth-order valence-electron chi connectivity index (χ4n) is 2.34. The van der Waals surface area contributed by atoms with Gasteiger partial charge < -0.3 is 12.9 Å². The molecule has 0 nitrogen and oxygen atoms in total. The Morgan fingerprint density at radius 3 is 2.09 bits per heavy atom. The summed E-state index contributed by atoms with van der Waals surface area (Å²) < 4.78 is 36.7. The second kappa shape index (κ2) is 3.01. The summed E-state index contributed by atoms with van der Waals surface area (Å²) >= 11 is 0. The topological polar surface area (TPSA) is 0 Å². The molecule has 0 bridgehead atoms. The van der Waals surface area contributed by atoms with Gasteiger partial charge in [0.2, 0.25) is 0 Å². The van der Waals surface area contributed by atoms with Crippen LogP contribution in [0.1, 0.15) is 25.7 Å². The predicted molar refractivity (Wildman–Crippen MR) is 33.7 cm³/mol. The van der Waals surface area contributed by atoms with Crippen LogP contribution in [0.5, 0.6) is 0 Å². The van der Waals surface area contributed by atoms with E-state index in [9.17, 15) is 12.9 Å². The molecule has 0 saturated heterocycles. The summed E-state index contributed by atoms with van der Waals surface area (Å²) in [5, 5.41) is -1.14. The van der Waals surface area contributed by atoms with Gasteiger partial charge in [-0.15, -0.1) is 0 Å². The van der Waals surface area contributed by atoms with Crippen LogP contribution in [-0.4, -0.2) is 6.98 Å². The Hall–Kier alpha value is 1.49. The van der Waals surface area contributed by atoms with E-state index in [0.717, 1.165) is 12.8 Å². The van der Waals surface area contributed by atoms with Gasteiger partial charge in [0.1, 0.15) is 0 Å². The van der Waals surface area contributed by atoms with E-state index in [1.54, 1.807) is 0 Å². The van der Waals surface area contributed by atoms with Gasteiger partial charge in [0.05, 0.1) is 0 Å². The Labute approximate surface area is 107 Å². The Morgan fingerprint density at radius 2 is 1.91 bits per heavy atom. The summed E-state index contributed by atoms with van der Waals surface area (Å²) in [5.74, 6) is 0.0208. The van der Waals surface area contributed by atoms with E-state index < -0.39 is 12.3 Å². The smallest absolute Gasteiger partial charge is 0.449 e. The minimum atomic E-state index is -4.52. The average molecular weight is 188 g/mol. The molecule has 5 heteroatoms. The Balaban J connectivity index is 0.000000605. The largest absolute Gasteiger partial charge is 1.00 e. The van der Waals surface area contributed by atoms with Gasteiger partial charge in [-0.2, -0.15) is 0 Å². The molecular formula is C6H9BF3K. The van der Waals surface area contributed by atoms with E-state index in [2.05, 4.69) is 0 Å². The van der Waals surface area contributed by atoms with Crippen LogP contribution in [0.15, 0.2) is 0 Å². The minimum absolute atomic E-state index is 0. The quantitative estimate of drug-likeness (QED) is 0.499. The van der Waals surface area contributed by atoms with Crippen molar-refractivity contribution in [1.82, 2.24) is 0 Å². The molecule has 11 heavy (non-hydrogen) atoms. The van der Waals surface area contributed by atoms with Gasteiger partial charge in [-0.3, -0.25) is 0 Å². The Kier molecular flexibility index (Phi) is 2.89. The molecule has 0 spiro atoms. The monoisotopic (exact) mass is 188 g/mol. The summed E-state index contributed by atoms with van der Waals surface area (Å²) in [4.78, 5) is 0. The fourth-order valence-corrected chi connectivity index (χ4v) is 2.34. The van der Waals surface area contributed by atoms with Crippen LogP contribution in [0.2, 0.25) is 5.31 Å². The summed E-state index contributed by atoms with van der Waals surface area (Å²) in [6.45, 7) is -4.52. The van der Waals surface area contributed by atoms with Crippen molar-refractivity contribution in [2.24, 2.45) is 5.92 Å². The third-order valence-electron chi connectivity index (χ3n) is 3.13. The second-order valence-electron chi connectivity index (χ2n) is 3.60. The molecule has 0 radical (unpaired) electrons. The standard InChI is InChI=1S/C6H9BF3.K/c8-7(9,10)6-3-1-2-5(6)4-6;/h5H,1-4H2;/q-1;+1. The molecule has 2 aliphatic carbocycles. The van der Waals surface area contributed by atoms with Crippen LogP contribution in [0.25, 0.3) is 0 Å². The number of fused-ring (bicyclic) bond motifs is 1. The van der Waals surface area contributed by atoms with Crippen LogP contribution < -0.4 is 51.4 Å². The number of hydrogen-bond donors (Lipinski definition) is 0. The number of hydrogen-bond acceptors (Lipinski definition) is 0. The molecule has 58 valence electrons. The van der Waals surface area contributed by atoms with Crippen LogP contribution in [0, 0.1) is 5.92 Å². The fraction of sp³-hybridized carbons (Fsp3) is 1.00. The van der Waals surface area contributed by atoms with Gasteiger partial charge in [-0.05, 0) is 0 Å². The van der Waals surface area contributed by atoms with Gasteiger partial charge in [0.25, 0.3) is 0 Å². The molecule has 0 amide bonds. The first kappa shape index (κ1) is 10.6. The molecule has 2 saturated carbocycles. The molecule has 2 atom stereocenters. The van der Waals surface area contributed by atoms with Gasteiger partial charge >= 0.3 is 58.4 Å². The normalized spacial score (nSPS) is 41.2. The van der Waals surface area contributed by atoms with E-state index in [1.165, 1.54) is 0 Å². The maximum Gasteiger partial charge on any atom is 1.00 e. The molecule has 0 aromatic heterocycles. The molecule has 0 aromatic carbocycles. The zero-order valence-corrected chi connectivity index (χ0v) is 9.74. The molecule has 2 fully saturated rings. The molecule has 0 N–H and O–H groups in total. The maximum atomic E-state index is 12.2. The number of halogens is 3. The van der Waals surface area contributed by atoms with Crippen LogP contribution in [0.3, 0.4) is 0 Å². The molecule has 2 unspecified atom stereocenters. The molecule has 2 aliphatic rings. The third kappa shape index (κ3) is 1.48. The number of rotatable bonds is 1. The third-order valence-corrected chi connectivity index (χ3v) is 3.13. The molecular weight excluding hydrogens is 179 g/mol. The SMILES string of the molecule is F[B-](F)(F)C12CCCC1C2.[K+]. The predicted octanol–water partition coefficient (Wildman–Crippen LogP) is -0.218. The molecule has 0 heterocycles. The molecule has 0 aromatic rings. The zero-order valence-electron chi connectivity index (χ0n) is 6.62. The van der Waals surface area contributed by atoms with Crippen molar-refractivity contribution >= 4 is 6.98 Å². The van der Waals surface area contributed by atoms with Crippen molar-refractivity contribution in [3.63, 3.8) is 0 Å². The van der Waals surface area contributed by atoms with Crippen LogP contribution in [0.4, 0.5) is 12.9 Å². The van der Waals surface area contributed by atoms with Crippen molar-refractivity contribution in [2.75, 3.05) is 0 Å². The molecule has 0 aliphatic heterocycles. The van der Waals surface area contributed by atoms with Gasteiger partial charge in [-0.25, -0.2) is 0 Å². The Bertz CT molecular complexity index is 170. The molecule has 2 rings (SSSR count). The van der Waals surface area contributed by atoms with E-state index in [1.807, 2.05) is 0 Å². The van der Waals surface area contributed by atoms with E-state index in [4.69, 9.17) is 0 Å². The van der Waals surface area contributed by atoms with E-state index in [-0.39, 0.29) is 57.3 Å². The van der Waals surface area contributed by atoms with Gasteiger partial charge in [-0.1, -0.05) is 36.9 Å². The maximum absolute atomic E-state index is 12.2. The summed E-state index contributed by atoms with van der Waals surface area (Å²) in [7, 11) is 0. The first-order chi connectivity index (χ1) is 4.56. The van der Waals surface area contributed by atoms with Crippen molar-refractivity contribution < 1.29 is 64.3 Å². The zero-order chi connectivity index (χ0) is 7.41. The summed E-state index contributed by atoms with van der Waals surface area (Å²) in [6, 6.07) is 0. The summed E-state index contributed by atoms with van der Waals surface area (Å²) in [6.07, 6.45) is 2.48. The van der Waals surface area contributed by atoms with Crippen molar-refractivity contribution in [3.05, 3.63) is 0 Å². The van der Waals surface area contributed by atoms with Crippen molar-refractivity contribution in [3.8, 4) is 0 Å². The van der Waals surface area contributed by atoms with Crippen LogP contribution >= 0.6 is 0 Å².